The summed E-state index contributed by atoms with van der Waals surface area (Å²) in [5.74, 6) is 0.728. The molecule has 2 aromatic heterocycles. The van der Waals surface area contributed by atoms with Gasteiger partial charge in [-0.15, -0.1) is 0 Å². The molecule has 7 heteroatoms. The predicted octanol–water partition coefficient (Wildman–Crippen LogP) is 1.69. The highest BCUT2D eigenvalue weighted by molar-refractivity contribution is 5.80. The lowest BCUT2D eigenvalue weighted by molar-refractivity contribution is -0.125. The van der Waals surface area contributed by atoms with E-state index in [1.54, 1.807) is 4.68 Å². The molecule has 0 bridgehead atoms. The van der Waals surface area contributed by atoms with Crippen molar-refractivity contribution in [2.75, 3.05) is 13.1 Å². The first-order valence-corrected chi connectivity index (χ1v) is 8.67. The fourth-order valence-electron chi connectivity index (χ4n) is 3.46. The van der Waals surface area contributed by atoms with Crippen molar-refractivity contribution in [3.8, 4) is 11.3 Å². The lowest BCUT2D eigenvalue weighted by Gasteiger charge is -2.16. The number of hydrogen-bond donors (Lipinski definition) is 2. The Bertz CT molecular complexity index is 886. The van der Waals surface area contributed by atoms with Crippen LogP contribution in [0.15, 0.2) is 53.5 Å². The van der Waals surface area contributed by atoms with Crippen molar-refractivity contribution in [2.24, 2.45) is 13.0 Å². The Morgan fingerprint density at radius 1 is 1.35 bits per heavy atom. The molecule has 1 aromatic carbocycles. The number of carbonyl (C=O) groups excluding carboxylic acids is 1. The average molecular weight is 351 g/mol. The van der Waals surface area contributed by atoms with Gasteiger partial charge in [0.15, 0.2) is 12.2 Å². The summed E-state index contributed by atoms with van der Waals surface area (Å²) in [7, 11) is 1.89. The molecule has 4 rings (SSSR count). The number of carbonyl (C=O) groups is 1. The second-order valence-corrected chi connectivity index (χ2v) is 6.53. The van der Waals surface area contributed by atoms with Crippen LogP contribution in [-0.4, -0.2) is 33.8 Å². The molecule has 134 valence electrons. The van der Waals surface area contributed by atoms with Crippen LogP contribution >= 0.6 is 0 Å². The Balaban J connectivity index is 1.44. The van der Waals surface area contributed by atoms with Crippen LogP contribution in [0.5, 0.6) is 0 Å². The van der Waals surface area contributed by atoms with Crippen LogP contribution in [0.3, 0.4) is 0 Å². The van der Waals surface area contributed by atoms with Crippen molar-refractivity contribution < 1.29 is 9.21 Å². The smallest absolute Gasteiger partial charge is 0.225 e. The first kappa shape index (κ1) is 16.5. The average Bonchev–Trinajstić information content (AvgIpc) is 3.40. The van der Waals surface area contributed by atoms with Crippen molar-refractivity contribution in [1.82, 2.24) is 25.4 Å². The fraction of sp³-hybridized carbons (Fsp3) is 0.316. The minimum absolute atomic E-state index is 0.0193. The minimum Gasteiger partial charge on any atom is -0.443 e. The summed E-state index contributed by atoms with van der Waals surface area (Å²) < 4.78 is 7.28. The SMILES string of the molecule is Cn1cc([C@H]2CNC[C@@H]2C(=O)NCc2ncoc2-c2ccccc2)cn1. The Kier molecular flexibility index (Phi) is 4.53. The molecule has 3 heterocycles. The first-order chi connectivity index (χ1) is 12.7. The normalized spacial score (nSPS) is 19.6. The number of oxazole rings is 1. The van der Waals surface area contributed by atoms with Gasteiger partial charge in [0.1, 0.15) is 5.69 Å². The van der Waals surface area contributed by atoms with Crippen molar-refractivity contribution >= 4 is 5.91 Å². The van der Waals surface area contributed by atoms with Gasteiger partial charge in [-0.3, -0.25) is 9.48 Å². The van der Waals surface area contributed by atoms with Crippen LogP contribution in [0.2, 0.25) is 0 Å². The van der Waals surface area contributed by atoms with Crippen molar-refractivity contribution in [1.29, 1.82) is 0 Å². The predicted molar refractivity (Wildman–Crippen MR) is 96.1 cm³/mol. The maximum absolute atomic E-state index is 12.7. The third-order valence-electron chi connectivity index (χ3n) is 4.81. The number of benzene rings is 1. The summed E-state index contributed by atoms with van der Waals surface area (Å²) in [6, 6.07) is 9.77. The van der Waals surface area contributed by atoms with Crippen LogP contribution in [0.25, 0.3) is 11.3 Å². The second kappa shape index (κ2) is 7.13. The van der Waals surface area contributed by atoms with Crippen LogP contribution in [0.1, 0.15) is 17.2 Å². The number of aryl methyl sites for hydroxylation is 1. The summed E-state index contributed by atoms with van der Waals surface area (Å²) >= 11 is 0. The van der Waals surface area contributed by atoms with E-state index >= 15 is 0 Å². The largest absolute Gasteiger partial charge is 0.443 e. The highest BCUT2D eigenvalue weighted by atomic mass is 16.3. The molecular formula is C19H21N5O2. The van der Waals surface area contributed by atoms with Gasteiger partial charge in [-0.05, 0) is 5.56 Å². The first-order valence-electron chi connectivity index (χ1n) is 8.67. The van der Waals surface area contributed by atoms with E-state index in [1.807, 2.05) is 49.8 Å². The molecule has 2 atom stereocenters. The molecule has 1 aliphatic rings. The van der Waals surface area contributed by atoms with Crippen LogP contribution in [0, 0.1) is 5.92 Å². The van der Waals surface area contributed by atoms with E-state index < -0.39 is 0 Å². The van der Waals surface area contributed by atoms with E-state index in [0.29, 0.717) is 18.8 Å². The Morgan fingerprint density at radius 3 is 2.96 bits per heavy atom. The molecule has 7 nitrogen and oxygen atoms in total. The molecule has 0 saturated carbocycles. The summed E-state index contributed by atoms with van der Waals surface area (Å²) in [4.78, 5) is 17.0. The van der Waals surface area contributed by atoms with Gasteiger partial charge in [0.05, 0.1) is 18.7 Å². The van der Waals surface area contributed by atoms with Gasteiger partial charge < -0.3 is 15.1 Å². The molecule has 0 spiro atoms. The maximum atomic E-state index is 12.7. The third kappa shape index (κ3) is 3.25. The van der Waals surface area contributed by atoms with Crippen molar-refractivity contribution in [2.45, 2.75) is 12.5 Å². The molecule has 0 radical (unpaired) electrons. The zero-order chi connectivity index (χ0) is 17.9. The monoisotopic (exact) mass is 351 g/mol. The Morgan fingerprint density at radius 2 is 2.19 bits per heavy atom. The second-order valence-electron chi connectivity index (χ2n) is 6.53. The summed E-state index contributed by atoms with van der Waals surface area (Å²) in [5.41, 5.74) is 2.77. The highest BCUT2D eigenvalue weighted by Crippen LogP contribution is 2.28. The number of rotatable bonds is 5. The molecule has 2 N–H and O–H groups in total. The van der Waals surface area contributed by atoms with Gasteiger partial charge in [-0.1, -0.05) is 30.3 Å². The van der Waals surface area contributed by atoms with E-state index in [-0.39, 0.29) is 17.7 Å². The number of hydrogen-bond acceptors (Lipinski definition) is 5. The van der Waals surface area contributed by atoms with Gasteiger partial charge in [-0.25, -0.2) is 4.98 Å². The minimum atomic E-state index is -0.119. The van der Waals surface area contributed by atoms with Gasteiger partial charge >= 0.3 is 0 Å². The standard InChI is InChI=1S/C19H21N5O2/c1-24-11-14(7-23-24)15-8-20-9-16(15)19(25)21-10-17-18(26-12-22-17)13-5-3-2-4-6-13/h2-7,11-12,15-16,20H,8-10H2,1H3,(H,21,25)/t15-,16+/m1/s1. The maximum Gasteiger partial charge on any atom is 0.225 e. The van der Waals surface area contributed by atoms with Crippen LogP contribution in [0.4, 0.5) is 0 Å². The van der Waals surface area contributed by atoms with Crippen molar-refractivity contribution in [3.63, 3.8) is 0 Å². The van der Waals surface area contributed by atoms with E-state index in [1.165, 1.54) is 6.39 Å². The molecular weight excluding hydrogens is 330 g/mol. The third-order valence-corrected chi connectivity index (χ3v) is 4.81. The molecule has 1 fully saturated rings. The lowest BCUT2D eigenvalue weighted by Crippen LogP contribution is -2.34. The molecule has 3 aromatic rings. The van der Waals surface area contributed by atoms with Crippen LogP contribution in [-0.2, 0) is 18.4 Å². The van der Waals surface area contributed by atoms with Gasteiger partial charge in [-0.2, -0.15) is 5.10 Å². The Labute approximate surface area is 151 Å². The van der Waals surface area contributed by atoms with Gasteiger partial charge in [0.2, 0.25) is 5.91 Å². The summed E-state index contributed by atoms with van der Waals surface area (Å²) in [6.07, 6.45) is 5.23. The van der Waals surface area contributed by atoms with E-state index in [9.17, 15) is 4.79 Å². The number of nitrogens with one attached hydrogen (secondary N) is 2. The molecule has 0 unspecified atom stereocenters. The van der Waals surface area contributed by atoms with E-state index in [2.05, 4.69) is 20.7 Å². The lowest BCUT2D eigenvalue weighted by atomic mass is 9.90. The summed E-state index contributed by atoms with van der Waals surface area (Å²) in [5, 5.41) is 10.5. The number of aromatic nitrogens is 3. The molecule has 1 amide bonds. The molecule has 26 heavy (non-hydrogen) atoms. The molecule has 1 saturated heterocycles. The van der Waals surface area contributed by atoms with Gasteiger partial charge in [0, 0.05) is 37.8 Å². The molecule has 0 aliphatic carbocycles. The van der Waals surface area contributed by atoms with E-state index in [4.69, 9.17) is 4.42 Å². The van der Waals surface area contributed by atoms with Gasteiger partial charge in [0.25, 0.3) is 0 Å². The van der Waals surface area contributed by atoms with Crippen molar-refractivity contribution in [3.05, 3.63) is 60.4 Å². The number of nitrogens with zero attached hydrogens (tertiary/aromatic N) is 3. The highest BCUT2D eigenvalue weighted by Gasteiger charge is 2.34. The topological polar surface area (TPSA) is 85.0 Å². The Hall–Kier alpha value is -2.93. The fourth-order valence-corrected chi connectivity index (χ4v) is 3.46. The summed E-state index contributed by atoms with van der Waals surface area (Å²) in [6.45, 7) is 1.79. The zero-order valence-corrected chi connectivity index (χ0v) is 14.6. The number of amides is 1. The zero-order valence-electron chi connectivity index (χ0n) is 14.6. The quantitative estimate of drug-likeness (QED) is 0.731. The molecule has 1 aliphatic heterocycles. The van der Waals surface area contributed by atoms with E-state index in [0.717, 1.165) is 23.4 Å². The van der Waals surface area contributed by atoms with Crippen LogP contribution < -0.4 is 10.6 Å².